The van der Waals surface area contributed by atoms with Crippen molar-refractivity contribution in [2.75, 3.05) is 40.9 Å². The quantitative estimate of drug-likeness (QED) is 0.0161. The molecule has 0 aliphatic rings. The van der Waals surface area contributed by atoms with E-state index in [9.17, 15) is 19.0 Å². The van der Waals surface area contributed by atoms with Crippen LogP contribution >= 0.6 is 7.82 Å². The molecule has 404 valence electrons. The van der Waals surface area contributed by atoms with Gasteiger partial charge < -0.3 is 28.5 Å². The molecule has 3 atom stereocenters. The number of allylic oxidation sites excluding steroid dienone is 13. The van der Waals surface area contributed by atoms with Crippen LogP contribution in [-0.4, -0.2) is 69.4 Å². The van der Waals surface area contributed by atoms with Crippen LogP contribution < -0.4 is 10.2 Å². The van der Waals surface area contributed by atoms with E-state index in [2.05, 4.69) is 99.0 Å². The average Bonchev–Trinajstić information content (AvgIpc) is 3.32. The van der Waals surface area contributed by atoms with Crippen molar-refractivity contribution in [2.45, 2.75) is 245 Å². The van der Waals surface area contributed by atoms with Crippen molar-refractivity contribution in [3.63, 3.8) is 0 Å². The third kappa shape index (κ3) is 50.1. The predicted molar refractivity (Wildman–Crippen MR) is 298 cm³/mol. The van der Waals surface area contributed by atoms with Crippen molar-refractivity contribution in [3.8, 4) is 0 Å². The Kier molecular flexibility index (Phi) is 47.8. The molecule has 0 aromatic heterocycles. The summed E-state index contributed by atoms with van der Waals surface area (Å²) >= 11 is 0. The molecule has 0 aromatic carbocycles. The number of hydrogen-bond donors (Lipinski definition) is 1. The molecule has 0 radical (unpaired) electrons. The highest BCUT2D eigenvalue weighted by Crippen LogP contribution is 2.38. The van der Waals surface area contributed by atoms with Gasteiger partial charge in [-0.05, 0) is 83.1 Å². The van der Waals surface area contributed by atoms with E-state index >= 15 is 0 Å². The Hall–Kier alpha value is -2.81. The fourth-order valence-electron chi connectivity index (χ4n) is 7.77. The van der Waals surface area contributed by atoms with Crippen molar-refractivity contribution >= 4 is 19.7 Å². The Balaban J connectivity index is 5.42. The molecule has 0 spiro atoms. The second kappa shape index (κ2) is 49.8. The molecular formula is C60H107N2O7P. The smallest absolute Gasteiger partial charge is 0.306 e. The summed E-state index contributed by atoms with van der Waals surface area (Å²) in [6, 6.07) is -0.903. The maximum atomic E-state index is 13.5. The number of nitrogens with one attached hydrogen (secondary N) is 1. The maximum Gasteiger partial charge on any atom is 0.306 e. The molecule has 0 saturated heterocycles. The molecule has 0 saturated carbocycles. The van der Waals surface area contributed by atoms with Crippen molar-refractivity contribution in [1.82, 2.24) is 5.32 Å². The number of carbonyl (C=O) groups excluding carboxylic acids is 2. The number of hydrogen-bond acceptors (Lipinski definition) is 7. The Labute approximate surface area is 431 Å². The van der Waals surface area contributed by atoms with Gasteiger partial charge in [0.2, 0.25) is 5.91 Å². The van der Waals surface area contributed by atoms with Gasteiger partial charge >= 0.3 is 5.97 Å². The summed E-state index contributed by atoms with van der Waals surface area (Å²) in [4.78, 5) is 39.9. The number of quaternary nitrogens is 1. The van der Waals surface area contributed by atoms with E-state index in [4.69, 9.17) is 13.8 Å². The van der Waals surface area contributed by atoms with E-state index in [1.807, 2.05) is 33.3 Å². The SMILES string of the molecule is CC/C=C/C=C/C=C/CCCCCCCCCC(=O)OC(/C=C/CCCCCCCCCCCCC)C(COP(=O)([O-])OCC[N+](C)(C)C)NC(=O)CCCCCCCC/C=C/C/C=C/C/C=C/CC. The second-order valence-electron chi connectivity index (χ2n) is 20.1. The monoisotopic (exact) mass is 999 g/mol. The highest BCUT2D eigenvalue weighted by atomic mass is 31.2. The fraction of sp³-hybridized carbons (Fsp3) is 0.733. The van der Waals surface area contributed by atoms with E-state index in [0.29, 0.717) is 23.9 Å². The zero-order valence-corrected chi connectivity index (χ0v) is 46.8. The number of nitrogens with zero attached hydrogens (tertiary/aromatic N) is 1. The molecular weight excluding hydrogens is 892 g/mol. The third-order valence-electron chi connectivity index (χ3n) is 12.1. The Bertz CT molecular complexity index is 1480. The van der Waals surface area contributed by atoms with Gasteiger partial charge in [-0.3, -0.25) is 14.2 Å². The van der Waals surface area contributed by atoms with Crippen molar-refractivity contribution < 1.29 is 37.3 Å². The molecule has 9 nitrogen and oxygen atoms in total. The molecule has 0 bridgehead atoms. The molecule has 0 aliphatic heterocycles. The number of esters is 1. The molecule has 10 heteroatoms. The van der Waals surface area contributed by atoms with E-state index in [0.717, 1.165) is 116 Å². The summed E-state index contributed by atoms with van der Waals surface area (Å²) in [5.74, 6) is -0.574. The molecule has 70 heavy (non-hydrogen) atoms. The van der Waals surface area contributed by atoms with Crippen LogP contribution in [0.15, 0.2) is 85.1 Å². The summed E-state index contributed by atoms with van der Waals surface area (Å²) in [5, 5.41) is 3.01. The van der Waals surface area contributed by atoms with Crippen LogP contribution in [0.5, 0.6) is 0 Å². The highest BCUT2D eigenvalue weighted by molar-refractivity contribution is 7.45. The molecule has 1 N–H and O–H groups in total. The second-order valence-corrected chi connectivity index (χ2v) is 21.5. The third-order valence-corrected chi connectivity index (χ3v) is 13.1. The van der Waals surface area contributed by atoms with Gasteiger partial charge in [0.05, 0.1) is 33.8 Å². The maximum absolute atomic E-state index is 13.5. The summed E-state index contributed by atoms with van der Waals surface area (Å²) in [6.07, 6.45) is 64.0. The van der Waals surface area contributed by atoms with Crippen molar-refractivity contribution in [1.29, 1.82) is 0 Å². The molecule has 0 aliphatic carbocycles. The number of rotatable bonds is 50. The highest BCUT2D eigenvalue weighted by Gasteiger charge is 2.27. The Morgan fingerprint density at radius 3 is 1.53 bits per heavy atom. The minimum Gasteiger partial charge on any atom is -0.756 e. The number of phosphoric acid groups is 1. The summed E-state index contributed by atoms with van der Waals surface area (Å²) in [7, 11) is 1.16. The van der Waals surface area contributed by atoms with Crippen molar-refractivity contribution in [2.24, 2.45) is 0 Å². The van der Waals surface area contributed by atoms with Crippen LogP contribution in [0.3, 0.4) is 0 Å². The first-order valence-corrected chi connectivity index (χ1v) is 29.9. The Morgan fingerprint density at radius 2 is 0.986 bits per heavy atom. The summed E-state index contributed by atoms with van der Waals surface area (Å²) < 4.78 is 30.2. The lowest BCUT2D eigenvalue weighted by molar-refractivity contribution is -0.870. The molecule has 1 amide bonds. The van der Waals surface area contributed by atoms with Crippen molar-refractivity contribution in [3.05, 3.63) is 85.1 Å². The minimum atomic E-state index is -4.70. The number of unbranched alkanes of at least 4 members (excludes halogenated alkanes) is 24. The van der Waals surface area contributed by atoms with Gasteiger partial charge in [0.25, 0.3) is 7.82 Å². The van der Waals surface area contributed by atoms with Crippen LogP contribution in [0.1, 0.15) is 233 Å². The largest absolute Gasteiger partial charge is 0.756 e. The predicted octanol–water partition coefficient (Wildman–Crippen LogP) is 16.4. The first kappa shape index (κ1) is 67.2. The van der Waals surface area contributed by atoms with Crippen LogP contribution in [-0.2, 0) is 27.9 Å². The molecule has 0 heterocycles. The normalized spacial score (nSPS) is 14.4. The Morgan fingerprint density at radius 1 is 0.529 bits per heavy atom. The topological polar surface area (TPSA) is 114 Å². The van der Waals surface area contributed by atoms with Gasteiger partial charge in [0, 0.05) is 12.8 Å². The number of carbonyl (C=O) groups is 2. The van der Waals surface area contributed by atoms with E-state index < -0.39 is 26.6 Å². The van der Waals surface area contributed by atoms with Gasteiger partial charge in [0.15, 0.2) is 0 Å². The fourth-order valence-corrected chi connectivity index (χ4v) is 8.49. The van der Waals surface area contributed by atoms with E-state index in [1.165, 1.54) is 77.0 Å². The molecule has 0 fully saturated rings. The first-order valence-electron chi connectivity index (χ1n) is 28.4. The number of likely N-dealkylation sites (N-methyl/N-ethyl adjacent to an activating group) is 1. The zero-order chi connectivity index (χ0) is 51.5. The first-order chi connectivity index (χ1) is 33.9. The lowest BCUT2D eigenvalue weighted by Crippen LogP contribution is -2.47. The van der Waals surface area contributed by atoms with Gasteiger partial charge in [-0.1, -0.05) is 222 Å². The number of phosphoric ester groups is 1. The number of ether oxygens (including phenoxy) is 1. The molecule has 0 rings (SSSR count). The lowest BCUT2D eigenvalue weighted by Gasteiger charge is -2.30. The molecule has 3 unspecified atom stereocenters. The zero-order valence-electron chi connectivity index (χ0n) is 45.9. The van der Waals surface area contributed by atoms with Crippen LogP contribution in [0, 0.1) is 0 Å². The summed E-state index contributed by atoms with van der Waals surface area (Å²) in [5.41, 5.74) is 0. The average molecular weight is 999 g/mol. The number of amides is 1. The standard InChI is InChI=1S/C60H107N2O7P/c1-7-10-13-16-19-22-25-28-30-32-34-37-40-43-46-49-52-59(63)61-57(56-68-70(65,66)67-55-54-62(4,5)6)58(51-48-45-42-39-36-33-27-24-21-18-15-12-9-3)69-60(64)53-50-47-44-41-38-35-31-29-26-23-20-17-14-11-8-2/h10-11,13-14,17,19-20,22-23,26,28,30,48,51,57-58H,7-9,12,15-16,18,21,24-25,27,29,31-47,49-50,52-56H2,1-6H3,(H-,61,63,65,66)/b13-10+,14-11+,20-17+,22-19+,26-23+,30-28+,51-48+. The van der Waals surface area contributed by atoms with E-state index in [1.54, 1.807) is 0 Å². The summed E-state index contributed by atoms with van der Waals surface area (Å²) in [6.45, 7) is 6.57. The minimum absolute atomic E-state index is 0.0309. The van der Waals surface area contributed by atoms with Gasteiger partial charge in [-0.2, -0.15) is 0 Å². The van der Waals surface area contributed by atoms with Crippen LogP contribution in [0.4, 0.5) is 0 Å². The molecule has 0 aromatic rings. The van der Waals surface area contributed by atoms with Crippen LogP contribution in [0.2, 0.25) is 0 Å². The van der Waals surface area contributed by atoms with Crippen LogP contribution in [0.25, 0.3) is 0 Å². The van der Waals surface area contributed by atoms with Gasteiger partial charge in [0.1, 0.15) is 19.3 Å². The van der Waals surface area contributed by atoms with Gasteiger partial charge in [-0.25, -0.2) is 0 Å². The lowest BCUT2D eigenvalue weighted by atomic mass is 10.0. The van der Waals surface area contributed by atoms with Gasteiger partial charge in [-0.15, -0.1) is 0 Å². The van der Waals surface area contributed by atoms with E-state index in [-0.39, 0.29) is 24.9 Å².